The fourth-order valence-electron chi connectivity index (χ4n) is 1.08. The van der Waals surface area contributed by atoms with Crippen LogP contribution >= 0.6 is 11.3 Å². The summed E-state index contributed by atoms with van der Waals surface area (Å²) in [7, 11) is 0. The smallest absolute Gasteiger partial charge is 0.131 e. The molecule has 0 saturated heterocycles. The first kappa shape index (κ1) is 11.6. The van der Waals surface area contributed by atoms with Crippen molar-refractivity contribution in [3.8, 4) is 0 Å². The Bertz CT molecular complexity index is 281. The molecule has 5 heteroatoms. The first-order chi connectivity index (χ1) is 6.56. The predicted molar refractivity (Wildman–Crippen MR) is 54.3 cm³/mol. The van der Waals surface area contributed by atoms with E-state index in [1.807, 2.05) is 13.8 Å². The van der Waals surface area contributed by atoms with Crippen LogP contribution in [0.3, 0.4) is 0 Å². The van der Waals surface area contributed by atoms with E-state index in [0.717, 1.165) is 10.6 Å². The molecule has 2 atom stereocenters. The number of aliphatic hydroxyl groups is 3. The number of aromatic nitrogens is 1. The molecule has 4 nitrogen and oxygen atoms in total. The van der Waals surface area contributed by atoms with Gasteiger partial charge in [0, 0.05) is 11.5 Å². The average molecular weight is 217 g/mol. The lowest BCUT2D eigenvalue weighted by Crippen LogP contribution is -2.19. The van der Waals surface area contributed by atoms with Crippen molar-refractivity contribution in [2.75, 3.05) is 6.61 Å². The van der Waals surface area contributed by atoms with Gasteiger partial charge in [0.05, 0.1) is 11.8 Å². The van der Waals surface area contributed by atoms with Crippen molar-refractivity contribution < 1.29 is 15.3 Å². The van der Waals surface area contributed by atoms with Gasteiger partial charge < -0.3 is 15.3 Å². The van der Waals surface area contributed by atoms with Gasteiger partial charge in [0.15, 0.2) is 0 Å². The summed E-state index contributed by atoms with van der Waals surface area (Å²) in [5, 5.41) is 28.2. The van der Waals surface area contributed by atoms with Crippen molar-refractivity contribution in [1.82, 2.24) is 4.98 Å². The highest BCUT2D eigenvalue weighted by Crippen LogP contribution is 2.25. The second-order valence-corrected chi connectivity index (χ2v) is 4.45. The van der Waals surface area contributed by atoms with Gasteiger partial charge in [-0.25, -0.2) is 4.98 Å². The summed E-state index contributed by atoms with van der Waals surface area (Å²) in [5.41, 5.74) is 0.875. The van der Waals surface area contributed by atoms with E-state index in [-0.39, 0.29) is 13.0 Å². The Hall–Kier alpha value is -0.490. The van der Waals surface area contributed by atoms with Crippen LogP contribution in [-0.2, 0) is 0 Å². The highest BCUT2D eigenvalue weighted by Gasteiger charge is 2.21. The van der Waals surface area contributed by atoms with Gasteiger partial charge in [0.2, 0.25) is 0 Å². The number of hydrogen-bond donors (Lipinski definition) is 3. The summed E-state index contributed by atoms with van der Waals surface area (Å²) in [6.45, 7) is 3.64. The zero-order chi connectivity index (χ0) is 10.7. The molecule has 1 heterocycles. The van der Waals surface area contributed by atoms with E-state index in [1.54, 1.807) is 0 Å². The van der Waals surface area contributed by atoms with Gasteiger partial charge >= 0.3 is 0 Å². The molecule has 0 amide bonds. The van der Waals surface area contributed by atoms with Gasteiger partial charge in [-0.15, -0.1) is 11.3 Å². The normalized spacial score (nSPS) is 15.5. The quantitative estimate of drug-likeness (QED) is 0.688. The zero-order valence-electron chi connectivity index (χ0n) is 8.27. The average Bonchev–Trinajstić information content (AvgIpc) is 2.46. The van der Waals surface area contributed by atoms with Crippen molar-refractivity contribution in [3.05, 3.63) is 15.6 Å². The second kappa shape index (κ2) is 4.84. The maximum Gasteiger partial charge on any atom is 0.131 e. The highest BCUT2D eigenvalue weighted by molar-refractivity contribution is 7.11. The first-order valence-corrected chi connectivity index (χ1v) is 5.28. The van der Waals surface area contributed by atoms with Gasteiger partial charge in [0.1, 0.15) is 11.1 Å². The third-order valence-corrected chi connectivity index (χ3v) is 3.23. The largest absolute Gasteiger partial charge is 0.396 e. The molecule has 0 spiro atoms. The molecule has 0 radical (unpaired) electrons. The fourth-order valence-corrected chi connectivity index (χ4v) is 2.05. The zero-order valence-corrected chi connectivity index (χ0v) is 9.08. The van der Waals surface area contributed by atoms with Gasteiger partial charge in [0.25, 0.3) is 0 Å². The summed E-state index contributed by atoms with van der Waals surface area (Å²) in [4.78, 5) is 5.18. The third kappa shape index (κ3) is 2.51. The van der Waals surface area contributed by atoms with Gasteiger partial charge in [-0.3, -0.25) is 0 Å². The monoisotopic (exact) mass is 217 g/mol. The van der Waals surface area contributed by atoms with Crippen LogP contribution in [0.2, 0.25) is 0 Å². The van der Waals surface area contributed by atoms with E-state index < -0.39 is 12.2 Å². The molecule has 0 aliphatic heterocycles. The maximum absolute atomic E-state index is 9.64. The van der Waals surface area contributed by atoms with Crippen molar-refractivity contribution in [2.45, 2.75) is 32.5 Å². The molecular weight excluding hydrogens is 202 g/mol. The summed E-state index contributed by atoms with van der Waals surface area (Å²) >= 11 is 1.37. The molecule has 3 N–H and O–H groups in total. The summed E-state index contributed by atoms with van der Waals surface area (Å²) in [6.07, 6.45) is -1.76. The standard InChI is InChI=1S/C9H15NO3S/c1-5-6(2)14-9(10-5)8(13)7(12)3-4-11/h7-8,11-13H,3-4H2,1-2H3. The molecule has 0 aromatic carbocycles. The molecule has 0 aliphatic rings. The Balaban J connectivity index is 2.73. The van der Waals surface area contributed by atoms with E-state index in [1.165, 1.54) is 11.3 Å². The van der Waals surface area contributed by atoms with Gasteiger partial charge in [-0.05, 0) is 20.3 Å². The number of rotatable bonds is 4. The Labute approximate surface area is 86.9 Å². The molecule has 2 unspecified atom stereocenters. The molecule has 80 valence electrons. The third-order valence-electron chi connectivity index (χ3n) is 2.09. The molecular formula is C9H15NO3S. The number of aliphatic hydroxyl groups excluding tert-OH is 3. The lowest BCUT2D eigenvalue weighted by Gasteiger charge is -2.13. The predicted octanol–water partition coefficient (Wildman–Crippen LogP) is 0.537. The molecule has 0 fully saturated rings. The van der Waals surface area contributed by atoms with Crippen LogP contribution in [0, 0.1) is 13.8 Å². The van der Waals surface area contributed by atoms with Crippen LogP contribution in [0.5, 0.6) is 0 Å². The van der Waals surface area contributed by atoms with Crippen molar-refractivity contribution >= 4 is 11.3 Å². The van der Waals surface area contributed by atoms with Crippen molar-refractivity contribution in [1.29, 1.82) is 0 Å². The molecule has 1 aromatic heterocycles. The number of aryl methyl sites for hydroxylation is 2. The SMILES string of the molecule is Cc1nc(C(O)C(O)CCO)sc1C. The molecule has 0 saturated carbocycles. The number of hydrogen-bond acceptors (Lipinski definition) is 5. The Morgan fingerprint density at radius 3 is 2.43 bits per heavy atom. The minimum atomic E-state index is -0.987. The van der Waals surface area contributed by atoms with E-state index in [2.05, 4.69) is 4.98 Å². The van der Waals surface area contributed by atoms with Crippen LogP contribution in [0.1, 0.15) is 28.1 Å². The molecule has 0 bridgehead atoms. The van der Waals surface area contributed by atoms with Gasteiger partial charge in [-0.1, -0.05) is 0 Å². The topological polar surface area (TPSA) is 73.6 Å². The van der Waals surface area contributed by atoms with Crippen molar-refractivity contribution in [2.24, 2.45) is 0 Å². The van der Waals surface area contributed by atoms with Crippen LogP contribution < -0.4 is 0 Å². The van der Waals surface area contributed by atoms with E-state index in [0.29, 0.717) is 5.01 Å². The lowest BCUT2D eigenvalue weighted by atomic mass is 10.1. The molecule has 0 aliphatic carbocycles. The minimum Gasteiger partial charge on any atom is -0.396 e. The Morgan fingerprint density at radius 2 is 2.00 bits per heavy atom. The number of thiazole rings is 1. The van der Waals surface area contributed by atoms with Crippen LogP contribution in [-0.4, -0.2) is 33.0 Å². The summed E-state index contributed by atoms with van der Waals surface area (Å²) < 4.78 is 0. The van der Waals surface area contributed by atoms with E-state index in [4.69, 9.17) is 5.11 Å². The van der Waals surface area contributed by atoms with Crippen LogP contribution in [0.25, 0.3) is 0 Å². The highest BCUT2D eigenvalue weighted by atomic mass is 32.1. The Kier molecular flexibility index (Phi) is 4.00. The van der Waals surface area contributed by atoms with E-state index >= 15 is 0 Å². The Morgan fingerprint density at radius 1 is 1.36 bits per heavy atom. The maximum atomic E-state index is 9.64. The molecule has 1 aromatic rings. The summed E-state index contributed by atoms with van der Waals surface area (Å²) in [6, 6.07) is 0. The van der Waals surface area contributed by atoms with E-state index in [9.17, 15) is 10.2 Å². The van der Waals surface area contributed by atoms with Gasteiger partial charge in [-0.2, -0.15) is 0 Å². The first-order valence-electron chi connectivity index (χ1n) is 4.47. The molecule has 1 rings (SSSR count). The minimum absolute atomic E-state index is 0.137. The second-order valence-electron chi connectivity index (χ2n) is 3.22. The summed E-state index contributed by atoms with van der Waals surface area (Å²) in [5.74, 6) is 0. The van der Waals surface area contributed by atoms with Crippen molar-refractivity contribution in [3.63, 3.8) is 0 Å². The molecule has 14 heavy (non-hydrogen) atoms. The fraction of sp³-hybridized carbons (Fsp3) is 0.667. The van der Waals surface area contributed by atoms with Crippen LogP contribution in [0.4, 0.5) is 0 Å². The lowest BCUT2D eigenvalue weighted by molar-refractivity contribution is 0.00407. The van der Waals surface area contributed by atoms with Crippen LogP contribution in [0.15, 0.2) is 0 Å². The number of nitrogens with zero attached hydrogens (tertiary/aromatic N) is 1.